The molecule has 1 N–H and O–H groups in total. The second kappa shape index (κ2) is 9.72. The van der Waals surface area contributed by atoms with Crippen molar-refractivity contribution in [2.45, 2.75) is 64.0 Å². The number of carbonyl (C=O) groups excluding carboxylic acids is 1. The van der Waals surface area contributed by atoms with E-state index in [1.807, 2.05) is 27.0 Å². The van der Waals surface area contributed by atoms with Crippen molar-refractivity contribution in [1.82, 2.24) is 20.0 Å². The van der Waals surface area contributed by atoms with Gasteiger partial charge in [-0.3, -0.25) is 9.48 Å². The van der Waals surface area contributed by atoms with Crippen LogP contribution in [0, 0.1) is 0 Å². The van der Waals surface area contributed by atoms with Gasteiger partial charge in [-0.25, -0.2) is 0 Å². The van der Waals surface area contributed by atoms with Gasteiger partial charge in [-0.15, -0.1) is 17.9 Å². The number of nitrogens with zero attached hydrogens (tertiary/aromatic N) is 3. The molecular weight excluding hydrogens is 380 g/mol. The van der Waals surface area contributed by atoms with Gasteiger partial charge in [0.05, 0.1) is 6.54 Å². The van der Waals surface area contributed by atoms with Gasteiger partial charge in [0, 0.05) is 41.8 Å². The van der Waals surface area contributed by atoms with Gasteiger partial charge < -0.3 is 10.2 Å². The van der Waals surface area contributed by atoms with Crippen LogP contribution in [0.4, 0.5) is 0 Å². The number of aromatic nitrogens is 2. The molecule has 0 saturated carbocycles. The van der Waals surface area contributed by atoms with Crippen molar-refractivity contribution in [3.8, 4) is 0 Å². The minimum absolute atomic E-state index is 0.130. The monoisotopic (exact) mass is 412 g/mol. The van der Waals surface area contributed by atoms with Crippen molar-refractivity contribution in [3.05, 3.63) is 52.0 Å². The van der Waals surface area contributed by atoms with Crippen LogP contribution in [0.5, 0.6) is 0 Å². The summed E-state index contributed by atoms with van der Waals surface area (Å²) in [4.78, 5) is 16.8. The number of hydrogen-bond donors (Lipinski definition) is 1. The second-order valence-electron chi connectivity index (χ2n) is 8.17. The van der Waals surface area contributed by atoms with Crippen molar-refractivity contribution < 1.29 is 4.79 Å². The lowest BCUT2D eigenvalue weighted by Gasteiger charge is -2.25. The first kappa shape index (κ1) is 20.4. The lowest BCUT2D eigenvalue weighted by Crippen LogP contribution is -2.37. The fraction of sp³-hybridized carbons (Fsp3) is 0.565. The molecule has 0 aromatic carbocycles. The average Bonchev–Trinajstić information content (AvgIpc) is 3.27. The van der Waals surface area contributed by atoms with Crippen molar-refractivity contribution in [2.75, 3.05) is 19.6 Å². The van der Waals surface area contributed by atoms with E-state index in [4.69, 9.17) is 5.10 Å². The predicted molar refractivity (Wildman–Crippen MR) is 119 cm³/mol. The highest BCUT2D eigenvalue weighted by molar-refractivity contribution is 7.09. The first-order valence-electron chi connectivity index (χ1n) is 11.0. The molecule has 2 aliphatic rings. The number of hydrogen-bond acceptors (Lipinski definition) is 4. The molecule has 2 aromatic heterocycles. The van der Waals surface area contributed by atoms with Gasteiger partial charge in [0.1, 0.15) is 0 Å². The summed E-state index contributed by atoms with van der Waals surface area (Å²) in [7, 11) is 0. The number of allylic oxidation sites excluding steroid dienone is 1. The molecular formula is C23H32N4OS. The number of fused-ring (bicyclic) bond motifs is 1. The third kappa shape index (κ3) is 4.81. The lowest BCUT2D eigenvalue weighted by atomic mass is 9.91. The molecule has 0 spiro atoms. The zero-order valence-corrected chi connectivity index (χ0v) is 18.1. The second-order valence-corrected chi connectivity index (χ2v) is 9.21. The Kier molecular flexibility index (Phi) is 6.82. The summed E-state index contributed by atoms with van der Waals surface area (Å²) in [6.45, 7) is 7.26. The Morgan fingerprint density at radius 2 is 2.14 bits per heavy atom. The van der Waals surface area contributed by atoms with E-state index in [-0.39, 0.29) is 5.91 Å². The molecule has 1 aliphatic carbocycles. The van der Waals surface area contributed by atoms with E-state index >= 15 is 0 Å². The molecule has 3 heterocycles. The van der Waals surface area contributed by atoms with Crippen molar-refractivity contribution in [2.24, 2.45) is 0 Å². The highest BCUT2D eigenvalue weighted by Crippen LogP contribution is 2.27. The van der Waals surface area contributed by atoms with E-state index in [2.05, 4.69) is 29.4 Å². The zero-order valence-electron chi connectivity index (χ0n) is 17.2. The lowest BCUT2D eigenvalue weighted by molar-refractivity contribution is 0.0753. The SMILES string of the molecule is C=CCn1nc(C(=O)N2CCCCCC2)c2c1CCC(NCCc1cccs1)C2. The molecule has 1 amide bonds. The van der Waals surface area contributed by atoms with Crippen LogP contribution >= 0.6 is 11.3 Å². The topological polar surface area (TPSA) is 50.2 Å². The number of thiophene rings is 1. The summed E-state index contributed by atoms with van der Waals surface area (Å²) in [5.74, 6) is 0.130. The van der Waals surface area contributed by atoms with Gasteiger partial charge in [-0.05, 0) is 50.0 Å². The number of nitrogens with one attached hydrogen (secondary N) is 1. The first-order valence-corrected chi connectivity index (χ1v) is 11.9. The van der Waals surface area contributed by atoms with Crippen molar-refractivity contribution in [1.29, 1.82) is 0 Å². The molecule has 1 aliphatic heterocycles. The van der Waals surface area contributed by atoms with Gasteiger partial charge in [0.15, 0.2) is 5.69 Å². The smallest absolute Gasteiger partial charge is 0.274 e. The summed E-state index contributed by atoms with van der Waals surface area (Å²) in [6.07, 6.45) is 10.6. The highest BCUT2D eigenvalue weighted by atomic mass is 32.1. The van der Waals surface area contributed by atoms with Crippen molar-refractivity contribution >= 4 is 17.2 Å². The van der Waals surface area contributed by atoms with E-state index in [9.17, 15) is 4.79 Å². The molecule has 1 unspecified atom stereocenters. The van der Waals surface area contributed by atoms with Gasteiger partial charge in [0.25, 0.3) is 5.91 Å². The maximum Gasteiger partial charge on any atom is 0.274 e. The van der Waals surface area contributed by atoms with Crippen LogP contribution in [0.15, 0.2) is 30.2 Å². The van der Waals surface area contributed by atoms with E-state index in [1.165, 1.54) is 29.0 Å². The largest absolute Gasteiger partial charge is 0.337 e. The number of amides is 1. The Bertz CT molecular complexity index is 818. The standard InChI is InChI=1S/C23H32N4OS/c1-2-13-27-21-10-9-18(24-12-11-19-8-7-16-29-19)17-20(21)22(25-27)23(28)26-14-5-3-4-6-15-26/h2,7-8,16,18,24H,1,3-6,9-15,17H2. The Morgan fingerprint density at radius 3 is 2.86 bits per heavy atom. The van der Waals surface area contributed by atoms with E-state index < -0.39 is 0 Å². The molecule has 5 nitrogen and oxygen atoms in total. The number of likely N-dealkylation sites (tertiary alicyclic amines) is 1. The summed E-state index contributed by atoms with van der Waals surface area (Å²) in [6, 6.07) is 4.73. The molecule has 0 bridgehead atoms. The van der Waals surface area contributed by atoms with Gasteiger partial charge in [-0.2, -0.15) is 5.10 Å². The fourth-order valence-electron chi connectivity index (χ4n) is 4.58. The van der Waals surface area contributed by atoms with Crippen LogP contribution in [0.25, 0.3) is 0 Å². The number of carbonyl (C=O) groups is 1. The molecule has 156 valence electrons. The molecule has 1 saturated heterocycles. The van der Waals surface area contributed by atoms with Crippen LogP contribution in [0.1, 0.15) is 58.7 Å². The Hall–Kier alpha value is -1.92. The van der Waals surface area contributed by atoms with Crippen molar-refractivity contribution in [3.63, 3.8) is 0 Å². The molecule has 29 heavy (non-hydrogen) atoms. The predicted octanol–water partition coefficient (Wildman–Crippen LogP) is 3.84. The van der Waals surface area contributed by atoms with Crippen LogP contribution in [0.2, 0.25) is 0 Å². The van der Waals surface area contributed by atoms with Gasteiger partial charge in [0.2, 0.25) is 0 Å². The van der Waals surface area contributed by atoms with E-state index in [1.54, 1.807) is 0 Å². The molecule has 1 fully saturated rings. The molecule has 0 radical (unpaired) electrons. The van der Waals surface area contributed by atoms with Gasteiger partial charge in [-0.1, -0.05) is 25.0 Å². The van der Waals surface area contributed by atoms with E-state index in [0.29, 0.717) is 18.3 Å². The summed E-state index contributed by atoms with van der Waals surface area (Å²) in [5.41, 5.74) is 3.09. The maximum atomic E-state index is 13.3. The summed E-state index contributed by atoms with van der Waals surface area (Å²) < 4.78 is 2.01. The van der Waals surface area contributed by atoms with Gasteiger partial charge >= 0.3 is 0 Å². The quantitative estimate of drug-likeness (QED) is 0.703. The van der Waals surface area contributed by atoms with E-state index in [0.717, 1.165) is 58.2 Å². The fourth-order valence-corrected chi connectivity index (χ4v) is 5.29. The zero-order chi connectivity index (χ0) is 20.1. The van der Waals surface area contributed by atoms with Crippen LogP contribution in [-0.4, -0.2) is 46.3 Å². The molecule has 4 rings (SSSR count). The third-order valence-electron chi connectivity index (χ3n) is 6.13. The van der Waals surface area contributed by atoms with Crippen LogP contribution < -0.4 is 5.32 Å². The Labute approximate surface area is 177 Å². The maximum absolute atomic E-state index is 13.3. The molecule has 1 atom stereocenters. The van der Waals surface area contributed by atoms with Crippen LogP contribution in [-0.2, 0) is 25.8 Å². The minimum atomic E-state index is 0.130. The number of rotatable bonds is 7. The highest BCUT2D eigenvalue weighted by Gasteiger charge is 2.31. The summed E-state index contributed by atoms with van der Waals surface area (Å²) in [5, 5.41) is 10.6. The Balaban J connectivity index is 1.48. The molecule has 6 heteroatoms. The minimum Gasteiger partial charge on any atom is -0.337 e. The summed E-state index contributed by atoms with van der Waals surface area (Å²) >= 11 is 1.82. The first-order chi connectivity index (χ1) is 14.3. The average molecular weight is 413 g/mol. The van der Waals surface area contributed by atoms with Crippen LogP contribution in [0.3, 0.4) is 0 Å². The Morgan fingerprint density at radius 1 is 1.31 bits per heavy atom. The molecule has 2 aromatic rings. The third-order valence-corrected chi connectivity index (χ3v) is 7.07. The normalized spacial score (nSPS) is 19.6.